The lowest BCUT2D eigenvalue weighted by Crippen LogP contribution is -2.05. The second kappa shape index (κ2) is 5.24. The van der Waals surface area contributed by atoms with Gasteiger partial charge < -0.3 is 4.74 Å². The van der Waals surface area contributed by atoms with Crippen LogP contribution in [0.4, 0.5) is 0 Å². The lowest BCUT2D eigenvalue weighted by Gasteiger charge is -2.03. The van der Waals surface area contributed by atoms with Crippen molar-refractivity contribution in [2.75, 3.05) is 13.7 Å². The van der Waals surface area contributed by atoms with Crippen LogP contribution in [0.25, 0.3) is 20.8 Å². The Labute approximate surface area is 119 Å². The molecule has 0 bridgehead atoms. The highest BCUT2D eigenvalue weighted by atomic mass is 32.1. The van der Waals surface area contributed by atoms with E-state index in [0.29, 0.717) is 17.9 Å². The van der Waals surface area contributed by atoms with E-state index >= 15 is 0 Å². The number of methoxy groups -OCH3 is 1. The van der Waals surface area contributed by atoms with Gasteiger partial charge in [0.2, 0.25) is 0 Å². The van der Waals surface area contributed by atoms with Crippen molar-refractivity contribution in [1.29, 1.82) is 0 Å². The summed E-state index contributed by atoms with van der Waals surface area (Å²) in [5, 5.41) is 8.42. The highest BCUT2D eigenvalue weighted by molar-refractivity contribution is 7.71. The monoisotopic (exact) mass is 291 g/mol. The molecule has 0 spiro atoms. The molecule has 0 amide bonds. The van der Waals surface area contributed by atoms with Crippen molar-refractivity contribution in [3.05, 3.63) is 35.1 Å². The number of fused-ring (bicyclic) bond motifs is 1. The third-order valence-corrected chi connectivity index (χ3v) is 4.35. The van der Waals surface area contributed by atoms with E-state index in [4.69, 9.17) is 17.0 Å². The molecule has 0 aliphatic carbocycles. The van der Waals surface area contributed by atoms with E-state index in [1.165, 1.54) is 10.1 Å². The predicted molar refractivity (Wildman–Crippen MR) is 80.1 cm³/mol. The summed E-state index contributed by atoms with van der Waals surface area (Å²) in [7, 11) is 1.68. The molecule has 1 N–H and O–H groups in total. The maximum atomic E-state index is 5.26. The Balaban J connectivity index is 2.08. The van der Waals surface area contributed by atoms with E-state index < -0.39 is 0 Å². The fourth-order valence-electron chi connectivity index (χ4n) is 1.99. The van der Waals surface area contributed by atoms with Crippen LogP contribution in [0.5, 0.6) is 0 Å². The summed E-state index contributed by atoms with van der Waals surface area (Å²) in [4.78, 5) is 1.12. The first-order valence-electron chi connectivity index (χ1n) is 5.92. The van der Waals surface area contributed by atoms with Gasteiger partial charge >= 0.3 is 0 Å². The van der Waals surface area contributed by atoms with Crippen molar-refractivity contribution >= 4 is 33.6 Å². The van der Waals surface area contributed by atoms with E-state index in [-0.39, 0.29) is 0 Å². The molecular formula is C13H13N3OS2. The zero-order chi connectivity index (χ0) is 13.2. The average molecular weight is 291 g/mol. The molecule has 0 fully saturated rings. The lowest BCUT2D eigenvalue weighted by atomic mass is 10.2. The lowest BCUT2D eigenvalue weighted by molar-refractivity contribution is 0.187. The first kappa shape index (κ1) is 12.5. The molecule has 0 radical (unpaired) electrons. The molecule has 0 atom stereocenters. The minimum absolute atomic E-state index is 0.617. The molecule has 3 rings (SSSR count). The summed E-state index contributed by atoms with van der Waals surface area (Å²) < 4.78 is 8.97. The van der Waals surface area contributed by atoms with E-state index in [0.717, 1.165) is 10.7 Å². The van der Waals surface area contributed by atoms with Gasteiger partial charge in [0.25, 0.3) is 0 Å². The number of rotatable bonds is 4. The highest BCUT2D eigenvalue weighted by Gasteiger charge is 2.11. The van der Waals surface area contributed by atoms with Crippen LogP contribution in [-0.4, -0.2) is 28.5 Å². The number of hydrogen-bond donors (Lipinski definition) is 1. The second-order valence-electron chi connectivity index (χ2n) is 4.15. The molecule has 19 heavy (non-hydrogen) atoms. The van der Waals surface area contributed by atoms with Gasteiger partial charge in [-0.05, 0) is 29.7 Å². The van der Waals surface area contributed by atoms with Gasteiger partial charge in [-0.3, -0.25) is 9.67 Å². The number of aromatic nitrogens is 3. The van der Waals surface area contributed by atoms with Crippen molar-refractivity contribution in [2.24, 2.45) is 0 Å². The molecular weight excluding hydrogens is 278 g/mol. The van der Waals surface area contributed by atoms with Crippen LogP contribution < -0.4 is 0 Å². The quantitative estimate of drug-likeness (QED) is 0.748. The van der Waals surface area contributed by atoms with Gasteiger partial charge in [-0.2, -0.15) is 5.10 Å². The number of hydrogen-bond acceptors (Lipinski definition) is 4. The zero-order valence-corrected chi connectivity index (χ0v) is 12.1. The number of nitrogens with zero attached hydrogens (tertiary/aromatic N) is 2. The van der Waals surface area contributed by atoms with Crippen molar-refractivity contribution in [3.63, 3.8) is 0 Å². The largest absolute Gasteiger partial charge is 0.383 e. The van der Waals surface area contributed by atoms with Crippen LogP contribution in [0.2, 0.25) is 0 Å². The molecule has 0 saturated heterocycles. The first-order chi connectivity index (χ1) is 9.29. The van der Waals surface area contributed by atoms with Crippen molar-refractivity contribution in [3.8, 4) is 10.7 Å². The number of thiophene rings is 1. The van der Waals surface area contributed by atoms with Gasteiger partial charge in [0.05, 0.1) is 18.0 Å². The maximum Gasteiger partial charge on any atom is 0.195 e. The zero-order valence-electron chi connectivity index (χ0n) is 10.4. The summed E-state index contributed by atoms with van der Waals surface area (Å²) in [6.07, 6.45) is 0. The molecule has 0 aliphatic rings. The molecule has 0 unspecified atom stereocenters. The Kier molecular flexibility index (Phi) is 3.46. The van der Waals surface area contributed by atoms with Crippen LogP contribution in [0.3, 0.4) is 0 Å². The molecule has 1 aromatic carbocycles. The number of aromatic amines is 1. The fourth-order valence-corrected chi connectivity index (χ4v) is 3.27. The van der Waals surface area contributed by atoms with Gasteiger partial charge in [-0.15, -0.1) is 11.3 Å². The Bertz CT molecular complexity index is 723. The molecule has 0 aliphatic heterocycles. The average Bonchev–Trinajstić information content (AvgIpc) is 2.99. The smallest absolute Gasteiger partial charge is 0.195 e. The third-order valence-electron chi connectivity index (χ3n) is 2.92. The van der Waals surface area contributed by atoms with Crippen molar-refractivity contribution in [2.45, 2.75) is 6.54 Å². The van der Waals surface area contributed by atoms with Crippen molar-refractivity contribution in [1.82, 2.24) is 14.8 Å². The maximum absolute atomic E-state index is 5.26. The number of H-pyrrole nitrogens is 1. The van der Waals surface area contributed by atoms with Crippen LogP contribution in [0.1, 0.15) is 0 Å². The molecule has 6 heteroatoms. The predicted octanol–water partition coefficient (Wildman–Crippen LogP) is 3.47. The molecule has 0 saturated carbocycles. The number of ether oxygens (including phenoxy) is 1. The van der Waals surface area contributed by atoms with Crippen molar-refractivity contribution < 1.29 is 4.74 Å². The fraction of sp³-hybridized carbons (Fsp3) is 0.231. The molecule has 3 aromatic rings. The first-order valence-corrected chi connectivity index (χ1v) is 7.15. The van der Waals surface area contributed by atoms with Crippen LogP contribution in [0, 0.1) is 4.77 Å². The van der Waals surface area contributed by atoms with Crippen LogP contribution in [0.15, 0.2) is 30.3 Å². The Morgan fingerprint density at radius 1 is 1.42 bits per heavy atom. The Morgan fingerprint density at radius 2 is 2.26 bits per heavy atom. The summed E-state index contributed by atoms with van der Waals surface area (Å²) in [6, 6.07) is 10.5. The Hall–Kier alpha value is -1.50. The van der Waals surface area contributed by atoms with Gasteiger partial charge in [0.15, 0.2) is 10.6 Å². The van der Waals surface area contributed by atoms with Crippen LogP contribution in [-0.2, 0) is 11.3 Å². The summed E-state index contributed by atoms with van der Waals surface area (Å²) in [6.45, 7) is 1.32. The Morgan fingerprint density at radius 3 is 3.05 bits per heavy atom. The standard InChI is InChI=1S/C13H13N3OS2/c1-17-7-6-16-12(14-15-13(16)18)11-8-9-4-2-3-5-10(9)19-11/h2-5,8H,6-7H2,1H3,(H,15,18). The minimum atomic E-state index is 0.617. The number of benzene rings is 1. The van der Waals surface area contributed by atoms with Gasteiger partial charge in [0.1, 0.15) is 0 Å². The summed E-state index contributed by atoms with van der Waals surface area (Å²) in [5.74, 6) is 0.878. The van der Waals surface area contributed by atoms with Crippen LogP contribution >= 0.6 is 23.6 Å². The van der Waals surface area contributed by atoms with Gasteiger partial charge in [0, 0.05) is 11.8 Å². The van der Waals surface area contributed by atoms with E-state index in [1.807, 2.05) is 16.7 Å². The highest BCUT2D eigenvalue weighted by Crippen LogP contribution is 2.32. The van der Waals surface area contributed by atoms with E-state index in [1.54, 1.807) is 18.4 Å². The third kappa shape index (κ3) is 2.34. The number of nitrogens with one attached hydrogen (secondary N) is 1. The molecule has 98 valence electrons. The van der Waals surface area contributed by atoms with Gasteiger partial charge in [-0.25, -0.2) is 0 Å². The summed E-state index contributed by atoms with van der Waals surface area (Å²) >= 11 is 6.98. The van der Waals surface area contributed by atoms with E-state index in [9.17, 15) is 0 Å². The minimum Gasteiger partial charge on any atom is -0.383 e. The normalized spacial score (nSPS) is 11.2. The SMILES string of the molecule is COCCn1c(-c2cc3ccccc3s2)n[nH]c1=S. The second-order valence-corrected chi connectivity index (χ2v) is 5.62. The topological polar surface area (TPSA) is 42.8 Å². The molecule has 4 nitrogen and oxygen atoms in total. The molecule has 2 heterocycles. The van der Waals surface area contributed by atoms with Gasteiger partial charge in [-0.1, -0.05) is 18.2 Å². The molecule has 2 aromatic heterocycles. The summed E-state index contributed by atoms with van der Waals surface area (Å²) in [5.41, 5.74) is 0. The van der Waals surface area contributed by atoms with E-state index in [2.05, 4.69) is 28.4 Å².